The third kappa shape index (κ3) is 3.56. The Hall–Kier alpha value is -2.11. The standard InChI is InChI=1S/C10H13N3O3/c1-7(2)11-10(14)12-8-4-3-5-9(6-8)13(15)16/h3-7H,1-2H3,(H2,11,12,14). The monoisotopic (exact) mass is 223 g/mol. The van der Waals surface area contributed by atoms with Crippen LogP contribution >= 0.6 is 0 Å². The molecule has 0 atom stereocenters. The molecule has 6 nitrogen and oxygen atoms in total. The highest BCUT2D eigenvalue weighted by Gasteiger charge is 2.08. The first-order chi connectivity index (χ1) is 7.49. The van der Waals surface area contributed by atoms with Crippen LogP contribution in [0.5, 0.6) is 0 Å². The molecule has 0 aliphatic heterocycles. The molecule has 0 aromatic heterocycles. The number of nitrogens with zero attached hydrogens (tertiary/aromatic N) is 1. The van der Waals surface area contributed by atoms with E-state index in [1.807, 2.05) is 13.8 Å². The van der Waals surface area contributed by atoms with Crippen LogP contribution in [0.1, 0.15) is 13.8 Å². The smallest absolute Gasteiger partial charge is 0.319 e. The van der Waals surface area contributed by atoms with Crippen molar-refractivity contribution in [2.45, 2.75) is 19.9 Å². The van der Waals surface area contributed by atoms with Crippen LogP contribution in [0.3, 0.4) is 0 Å². The Bertz CT molecular complexity index is 404. The molecular formula is C10H13N3O3. The second-order valence-corrected chi connectivity index (χ2v) is 3.56. The van der Waals surface area contributed by atoms with E-state index in [2.05, 4.69) is 10.6 Å². The number of benzene rings is 1. The number of urea groups is 1. The third-order valence-corrected chi connectivity index (χ3v) is 1.73. The van der Waals surface area contributed by atoms with Gasteiger partial charge in [0.2, 0.25) is 0 Å². The van der Waals surface area contributed by atoms with Crippen LogP contribution in [0, 0.1) is 10.1 Å². The molecule has 6 heteroatoms. The van der Waals surface area contributed by atoms with Gasteiger partial charge in [0, 0.05) is 23.9 Å². The molecule has 1 aromatic carbocycles. The van der Waals surface area contributed by atoms with E-state index in [-0.39, 0.29) is 17.8 Å². The number of rotatable bonds is 3. The maximum Gasteiger partial charge on any atom is 0.319 e. The molecule has 0 saturated carbocycles. The van der Waals surface area contributed by atoms with Gasteiger partial charge in [0.05, 0.1) is 4.92 Å². The summed E-state index contributed by atoms with van der Waals surface area (Å²) in [5.41, 5.74) is 0.342. The molecule has 0 spiro atoms. The van der Waals surface area contributed by atoms with Crippen molar-refractivity contribution in [1.82, 2.24) is 5.32 Å². The van der Waals surface area contributed by atoms with E-state index >= 15 is 0 Å². The first-order valence-corrected chi connectivity index (χ1v) is 4.81. The number of carbonyl (C=O) groups is 1. The predicted octanol–water partition coefficient (Wildman–Crippen LogP) is 2.12. The van der Waals surface area contributed by atoms with E-state index in [1.54, 1.807) is 6.07 Å². The Labute approximate surface area is 92.8 Å². The summed E-state index contributed by atoms with van der Waals surface area (Å²) in [4.78, 5) is 21.3. The summed E-state index contributed by atoms with van der Waals surface area (Å²) in [5, 5.41) is 15.6. The molecule has 2 amide bonds. The zero-order valence-electron chi connectivity index (χ0n) is 9.06. The summed E-state index contributed by atoms with van der Waals surface area (Å²) >= 11 is 0. The van der Waals surface area contributed by atoms with Crippen molar-refractivity contribution < 1.29 is 9.72 Å². The van der Waals surface area contributed by atoms with Crippen molar-refractivity contribution >= 4 is 17.4 Å². The number of hydrogen-bond acceptors (Lipinski definition) is 3. The highest BCUT2D eigenvalue weighted by Crippen LogP contribution is 2.16. The number of hydrogen-bond donors (Lipinski definition) is 2. The van der Waals surface area contributed by atoms with Crippen LogP contribution in [0.25, 0.3) is 0 Å². The predicted molar refractivity (Wildman–Crippen MR) is 60.4 cm³/mol. The van der Waals surface area contributed by atoms with Gasteiger partial charge in [0.1, 0.15) is 0 Å². The number of nitro groups is 1. The molecule has 0 bridgehead atoms. The fourth-order valence-electron chi connectivity index (χ4n) is 1.13. The summed E-state index contributed by atoms with van der Waals surface area (Å²) in [6, 6.07) is 5.41. The molecule has 1 rings (SSSR count). The number of nitro benzene ring substituents is 1. The lowest BCUT2D eigenvalue weighted by atomic mass is 10.3. The highest BCUT2D eigenvalue weighted by molar-refractivity contribution is 5.89. The Kier molecular flexibility index (Phi) is 3.82. The van der Waals surface area contributed by atoms with Crippen LogP contribution in [-0.4, -0.2) is 17.0 Å². The molecule has 0 radical (unpaired) electrons. The minimum Gasteiger partial charge on any atom is -0.336 e. The number of non-ortho nitro benzene ring substituents is 1. The molecule has 0 aliphatic carbocycles. The first kappa shape index (κ1) is 12.0. The van der Waals surface area contributed by atoms with Gasteiger partial charge in [-0.05, 0) is 19.9 Å². The second-order valence-electron chi connectivity index (χ2n) is 3.56. The van der Waals surface area contributed by atoms with E-state index in [1.165, 1.54) is 18.2 Å². The Morgan fingerprint density at radius 2 is 2.12 bits per heavy atom. The minimum absolute atomic E-state index is 0.0127. The molecule has 0 fully saturated rings. The molecular weight excluding hydrogens is 210 g/mol. The number of amides is 2. The average Bonchev–Trinajstić information content (AvgIpc) is 2.16. The van der Waals surface area contributed by atoms with E-state index in [0.29, 0.717) is 5.69 Å². The van der Waals surface area contributed by atoms with Crippen molar-refractivity contribution in [3.63, 3.8) is 0 Å². The topological polar surface area (TPSA) is 84.3 Å². The molecule has 1 aromatic rings. The van der Waals surface area contributed by atoms with Gasteiger partial charge in [-0.2, -0.15) is 0 Å². The average molecular weight is 223 g/mol. The Morgan fingerprint density at radius 1 is 1.44 bits per heavy atom. The zero-order chi connectivity index (χ0) is 12.1. The van der Waals surface area contributed by atoms with Crippen LogP contribution in [0.4, 0.5) is 16.2 Å². The summed E-state index contributed by atoms with van der Waals surface area (Å²) in [7, 11) is 0. The lowest BCUT2D eigenvalue weighted by Crippen LogP contribution is -2.34. The highest BCUT2D eigenvalue weighted by atomic mass is 16.6. The second kappa shape index (κ2) is 5.11. The Balaban J connectivity index is 2.70. The van der Waals surface area contributed by atoms with Gasteiger partial charge in [-0.1, -0.05) is 6.07 Å². The molecule has 16 heavy (non-hydrogen) atoms. The van der Waals surface area contributed by atoms with E-state index in [4.69, 9.17) is 0 Å². The van der Waals surface area contributed by atoms with Crippen molar-refractivity contribution in [1.29, 1.82) is 0 Å². The molecule has 0 unspecified atom stereocenters. The first-order valence-electron chi connectivity index (χ1n) is 4.81. The van der Waals surface area contributed by atoms with E-state index < -0.39 is 4.92 Å². The van der Waals surface area contributed by atoms with Crippen LogP contribution in [0.2, 0.25) is 0 Å². The third-order valence-electron chi connectivity index (χ3n) is 1.73. The van der Waals surface area contributed by atoms with Crippen LogP contribution in [0.15, 0.2) is 24.3 Å². The van der Waals surface area contributed by atoms with Crippen LogP contribution < -0.4 is 10.6 Å². The van der Waals surface area contributed by atoms with E-state index in [9.17, 15) is 14.9 Å². The molecule has 0 heterocycles. The molecule has 0 aliphatic rings. The minimum atomic E-state index is -0.508. The van der Waals surface area contributed by atoms with Gasteiger partial charge >= 0.3 is 6.03 Å². The van der Waals surface area contributed by atoms with Gasteiger partial charge in [-0.3, -0.25) is 10.1 Å². The molecule has 0 saturated heterocycles. The quantitative estimate of drug-likeness (QED) is 0.608. The van der Waals surface area contributed by atoms with Gasteiger partial charge in [0.25, 0.3) is 5.69 Å². The van der Waals surface area contributed by atoms with Crippen LogP contribution in [-0.2, 0) is 0 Å². The van der Waals surface area contributed by atoms with Crippen molar-refractivity contribution in [2.24, 2.45) is 0 Å². The largest absolute Gasteiger partial charge is 0.336 e. The van der Waals surface area contributed by atoms with Crippen molar-refractivity contribution in [3.05, 3.63) is 34.4 Å². The summed E-state index contributed by atoms with van der Waals surface area (Å²) in [6.45, 7) is 3.65. The van der Waals surface area contributed by atoms with Crippen molar-refractivity contribution in [2.75, 3.05) is 5.32 Å². The van der Waals surface area contributed by atoms with Crippen molar-refractivity contribution in [3.8, 4) is 0 Å². The lowest BCUT2D eigenvalue weighted by molar-refractivity contribution is -0.384. The summed E-state index contributed by atoms with van der Waals surface area (Å²) in [5.74, 6) is 0. The zero-order valence-corrected chi connectivity index (χ0v) is 9.06. The van der Waals surface area contributed by atoms with Gasteiger partial charge in [0.15, 0.2) is 0 Å². The molecule has 86 valence electrons. The normalized spacial score (nSPS) is 9.94. The van der Waals surface area contributed by atoms with Gasteiger partial charge in [-0.15, -0.1) is 0 Å². The fraction of sp³-hybridized carbons (Fsp3) is 0.300. The molecule has 2 N–H and O–H groups in total. The maximum atomic E-state index is 11.3. The summed E-state index contributed by atoms with van der Waals surface area (Å²) < 4.78 is 0. The van der Waals surface area contributed by atoms with Gasteiger partial charge < -0.3 is 10.6 Å². The fourth-order valence-corrected chi connectivity index (χ4v) is 1.13. The maximum absolute atomic E-state index is 11.3. The summed E-state index contributed by atoms with van der Waals surface area (Å²) in [6.07, 6.45) is 0. The SMILES string of the molecule is CC(C)NC(=O)Nc1cccc([N+](=O)[O-])c1. The number of nitrogens with one attached hydrogen (secondary N) is 2. The lowest BCUT2D eigenvalue weighted by Gasteiger charge is -2.09. The Morgan fingerprint density at radius 3 is 2.69 bits per heavy atom. The van der Waals surface area contributed by atoms with Gasteiger partial charge in [-0.25, -0.2) is 4.79 Å². The number of anilines is 1. The number of carbonyl (C=O) groups excluding carboxylic acids is 1. The van der Waals surface area contributed by atoms with E-state index in [0.717, 1.165) is 0 Å².